The minimum atomic E-state index is -4.05. The van der Waals surface area contributed by atoms with Crippen LogP contribution in [0, 0.1) is 5.41 Å². The molecule has 0 saturated heterocycles. The third-order valence-corrected chi connectivity index (χ3v) is 4.04. The molecule has 0 unspecified atom stereocenters. The zero-order valence-corrected chi connectivity index (χ0v) is 10.2. The van der Waals surface area contributed by atoms with Crippen LogP contribution in [-0.4, -0.2) is 24.7 Å². The maximum absolute atomic E-state index is 11.8. The van der Waals surface area contributed by atoms with Gasteiger partial charge in [-0.15, -0.1) is 0 Å². The zero-order valence-electron chi connectivity index (χ0n) is 8.58. The van der Waals surface area contributed by atoms with Crippen molar-refractivity contribution in [1.82, 2.24) is 0 Å². The first-order chi connectivity index (χ1) is 6.97. The summed E-state index contributed by atoms with van der Waals surface area (Å²) in [4.78, 5) is 0. The molecule has 1 aliphatic carbocycles. The molecule has 90 valence electrons. The van der Waals surface area contributed by atoms with Crippen LogP contribution in [0.2, 0.25) is 0 Å². The summed E-state index contributed by atoms with van der Waals surface area (Å²) in [5.74, 6) is 0. The van der Waals surface area contributed by atoms with E-state index >= 15 is 0 Å². The van der Waals surface area contributed by atoms with Crippen molar-refractivity contribution in [3.8, 4) is 0 Å². The zero-order chi connectivity index (χ0) is 11.4. The fourth-order valence-corrected chi connectivity index (χ4v) is 2.38. The Kier molecular flexibility index (Phi) is 4.90. The van der Waals surface area contributed by atoms with Gasteiger partial charge in [0, 0.05) is 23.8 Å². The first-order valence-corrected chi connectivity index (χ1v) is 6.30. The predicted octanol–water partition coefficient (Wildman–Crippen LogP) is 3.91. The highest BCUT2D eigenvalue weighted by molar-refractivity contribution is 9.09. The van der Waals surface area contributed by atoms with Gasteiger partial charge in [0.05, 0.1) is 6.61 Å². The standard InChI is InChI=1S/C10H16BrF3O/c11-7-9(3-1-4-9)8-15-6-2-5-10(12,13)14/h1-8H2. The third-order valence-electron chi connectivity index (χ3n) is 2.85. The van der Waals surface area contributed by atoms with Crippen molar-refractivity contribution in [3.63, 3.8) is 0 Å². The Morgan fingerprint density at radius 3 is 2.33 bits per heavy atom. The van der Waals surface area contributed by atoms with E-state index in [1.165, 1.54) is 6.42 Å². The number of hydrogen-bond acceptors (Lipinski definition) is 1. The summed E-state index contributed by atoms with van der Waals surface area (Å²) in [5.41, 5.74) is 0.207. The first-order valence-electron chi connectivity index (χ1n) is 5.18. The summed E-state index contributed by atoms with van der Waals surface area (Å²) in [6.07, 6.45) is -1.27. The second-order valence-corrected chi connectivity index (χ2v) is 4.82. The number of halogens is 4. The molecule has 0 bridgehead atoms. The van der Waals surface area contributed by atoms with Crippen molar-refractivity contribution >= 4 is 15.9 Å². The molecule has 0 radical (unpaired) electrons. The second-order valence-electron chi connectivity index (χ2n) is 4.26. The molecule has 0 heterocycles. The maximum atomic E-state index is 11.8. The molecule has 0 aromatic carbocycles. The van der Waals surface area contributed by atoms with Gasteiger partial charge < -0.3 is 4.74 Å². The van der Waals surface area contributed by atoms with E-state index in [0.29, 0.717) is 6.61 Å². The molecule has 1 aliphatic rings. The van der Waals surface area contributed by atoms with Crippen molar-refractivity contribution < 1.29 is 17.9 Å². The Bertz CT molecular complexity index is 184. The number of hydrogen-bond donors (Lipinski definition) is 0. The van der Waals surface area contributed by atoms with Crippen LogP contribution in [0.4, 0.5) is 13.2 Å². The smallest absolute Gasteiger partial charge is 0.381 e. The normalized spacial score (nSPS) is 20.0. The van der Waals surface area contributed by atoms with Crippen LogP contribution in [0.1, 0.15) is 32.1 Å². The molecule has 5 heteroatoms. The van der Waals surface area contributed by atoms with Crippen LogP contribution in [0.15, 0.2) is 0 Å². The largest absolute Gasteiger partial charge is 0.389 e. The van der Waals surface area contributed by atoms with Crippen molar-refractivity contribution in [2.24, 2.45) is 5.41 Å². The lowest BCUT2D eigenvalue weighted by Gasteiger charge is -2.40. The molecule has 0 N–H and O–H groups in total. The average molecular weight is 289 g/mol. The lowest BCUT2D eigenvalue weighted by molar-refractivity contribution is -0.138. The summed E-state index contributed by atoms with van der Waals surface area (Å²) in [6, 6.07) is 0. The summed E-state index contributed by atoms with van der Waals surface area (Å²) < 4.78 is 40.7. The molecule has 1 fully saturated rings. The van der Waals surface area contributed by atoms with Crippen LogP contribution < -0.4 is 0 Å². The van der Waals surface area contributed by atoms with Gasteiger partial charge in [0.25, 0.3) is 0 Å². The van der Waals surface area contributed by atoms with E-state index in [0.717, 1.165) is 18.2 Å². The van der Waals surface area contributed by atoms with E-state index in [4.69, 9.17) is 4.74 Å². The van der Waals surface area contributed by atoms with Gasteiger partial charge in [-0.1, -0.05) is 22.4 Å². The summed E-state index contributed by atoms with van der Waals surface area (Å²) >= 11 is 3.42. The van der Waals surface area contributed by atoms with Gasteiger partial charge in [-0.2, -0.15) is 13.2 Å². The number of rotatable bonds is 6. The highest BCUT2D eigenvalue weighted by Crippen LogP contribution is 2.42. The third kappa shape index (κ3) is 4.72. The van der Waals surface area contributed by atoms with E-state index in [1.54, 1.807) is 0 Å². The molecule has 1 nitrogen and oxygen atoms in total. The highest BCUT2D eigenvalue weighted by Gasteiger charge is 2.36. The van der Waals surface area contributed by atoms with Crippen molar-refractivity contribution in [1.29, 1.82) is 0 Å². The topological polar surface area (TPSA) is 9.23 Å². The summed E-state index contributed by atoms with van der Waals surface area (Å²) in [5, 5.41) is 0.888. The van der Waals surface area contributed by atoms with Gasteiger partial charge in [-0.3, -0.25) is 0 Å². The fraction of sp³-hybridized carbons (Fsp3) is 1.00. The molecular formula is C10H16BrF3O. The lowest BCUT2D eigenvalue weighted by atomic mass is 9.71. The second kappa shape index (κ2) is 5.53. The summed E-state index contributed by atoms with van der Waals surface area (Å²) in [7, 11) is 0. The van der Waals surface area contributed by atoms with Crippen LogP contribution >= 0.6 is 15.9 Å². The monoisotopic (exact) mass is 288 g/mol. The summed E-state index contributed by atoms with van der Waals surface area (Å²) in [6.45, 7) is 0.810. The minimum absolute atomic E-state index is 0.0713. The Morgan fingerprint density at radius 2 is 1.93 bits per heavy atom. The predicted molar refractivity (Wildman–Crippen MR) is 56.2 cm³/mol. The molecule has 0 spiro atoms. The molecule has 1 saturated carbocycles. The number of ether oxygens (including phenoxy) is 1. The molecule has 15 heavy (non-hydrogen) atoms. The average Bonchev–Trinajstić information content (AvgIpc) is 2.06. The molecule has 0 amide bonds. The molecule has 1 rings (SSSR count). The Hall–Kier alpha value is 0.230. The molecule has 0 aromatic rings. The quantitative estimate of drug-likeness (QED) is 0.532. The molecular weight excluding hydrogens is 273 g/mol. The highest BCUT2D eigenvalue weighted by atomic mass is 79.9. The Morgan fingerprint density at radius 1 is 1.27 bits per heavy atom. The van der Waals surface area contributed by atoms with Crippen molar-refractivity contribution in [3.05, 3.63) is 0 Å². The van der Waals surface area contributed by atoms with Gasteiger partial charge in [0.15, 0.2) is 0 Å². The van der Waals surface area contributed by atoms with E-state index < -0.39 is 12.6 Å². The van der Waals surface area contributed by atoms with Crippen LogP contribution in [0.5, 0.6) is 0 Å². The van der Waals surface area contributed by atoms with E-state index in [9.17, 15) is 13.2 Å². The SMILES string of the molecule is FC(F)(F)CCCOCC1(CBr)CCC1. The van der Waals surface area contributed by atoms with Crippen LogP contribution in [-0.2, 0) is 4.74 Å². The Labute approximate surface area is 96.5 Å². The maximum Gasteiger partial charge on any atom is 0.389 e. The molecule has 0 aromatic heterocycles. The number of alkyl halides is 4. The van der Waals surface area contributed by atoms with Gasteiger partial charge in [-0.25, -0.2) is 0 Å². The molecule has 0 atom stereocenters. The van der Waals surface area contributed by atoms with Crippen molar-refractivity contribution in [2.75, 3.05) is 18.5 Å². The van der Waals surface area contributed by atoms with Gasteiger partial charge in [0.2, 0.25) is 0 Å². The minimum Gasteiger partial charge on any atom is -0.381 e. The first kappa shape index (κ1) is 13.3. The van der Waals surface area contributed by atoms with E-state index in [2.05, 4.69) is 15.9 Å². The fourth-order valence-electron chi connectivity index (χ4n) is 1.66. The van der Waals surface area contributed by atoms with Crippen LogP contribution in [0.3, 0.4) is 0 Å². The van der Waals surface area contributed by atoms with E-state index in [1.807, 2.05) is 0 Å². The van der Waals surface area contributed by atoms with Crippen molar-refractivity contribution in [2.45, 2.75) is 38.3 Å². The van der Waals surface area contributed by atoms with Gasteiger partial charge >= 0.3 is 6.18 Å². The van der Waals surface area contributed by atoms with Crippen LogP contribution in [0.25, 0.3) is 0 Å². The van der Waals surface area contributed by atoms with E-state index in [-0.39, 0.29) is 18.4 Å². The van der Waals surface area contributed by atoms with Gasteiger partial charge in [-0.05, 0) is 19.3 Å². The lowest BCUT2D eigenvalue weighted by Crippen LogP contribution is -2.36. The van der Waals surface area contributed by atoms with Gasteiger partial charge in [0.1, 0.15) is 0 Å². The Balaban J connectivity index is 2.02. The molecule has 0 aliphatic heterocycles.